The molecule has 0 radical (unpaired) electrons. The molecular formula is C14H15FN4O. The Morgan fingerprint density at radius 2 is 1.95 bits per heavy atom. The van der Waals surface area contributed by atoms with Gasteiger partial charge in [-0.25, -0.2) is 4.39 Å². The van der Waals surface area contributed by atoms with E-state index in [4.69, 9.17) is 4.52 Å². The lowest BCUT2D eigenvalue weighted by Crippen LogP contribution is -2.67. The number of anilines is 1. The monoisotopic (exact) mass is 274 g/mol. The fourth-order valence-corrected chi connectivity index (χ4v) is 2.90. The summed E-state index contributed by atoms with van der Waals surface area (Å²) in [5.41, 5.74) is 0.974. The molecule has 4 heterocycles. The maximum atomic E-state index is 12.9. The predicted octanol–water partition coefficient (Wildman–Crippen LogP) is 1.35. The predicted molar refractivity (Wildman–Crippen MR) is 71.0 cm³/mol. The van der Waals surface area contributed by atoms with Gasteiger partial charge in [0.15, 0.2) is 5.82 Å². The number of nitrogens with zero attached hydrogens (tertiary/aromatic N) is 3. The van der Waals surface area contributed by atoms with E-state index in [-0.39, 0.29) is 5.82 Å². The molecule has 3 saturated heterocycles. The SMILES string of the molecule is Fc1ccc(Cc2noc(N3CC4CC(C3)N4)n2)cc1. The highest BCUT2D eigenvalue weighted by molar-refractivity contribution is 5.31. The second-order valence-corrected chi connectivity index (χ2v) is 5.50. The topological polar surface area (TPSA) is 54.2 Å². The standard InChI is InChI=1S/C14H15FN4O/c15-10-3-1-9(2-4-10)5-13-17-14(20-18-13)19-7-11-6-12(8-19)16-11/h1-4,11-12,16H,5-8H2. The molecule has 5 nitrogen and oxygen atoms in total. The van der Waals surface area contributed by atoms with Crippen LogP contribution in [0.3, 0.4) is 0 Å². The van der Waals surface area contributed by atoms with Gasteiger partial charge in [0.25, 0.3) is 0 Å². The van der Waals surface area contributed by atoms with Crippen molar-refractivity contribution in [1.82, 2.24) is 15.5 Å². The minimum Gasteiger partial charge on any atom is -0.321 e. The van der Waals surface area contributed by atoms with E-state index < -0.39 is 0 Å². The minimum absolute atomic E-state index is 0.234. The summed E-state index contributed by atoms with van der Waals surface area (Å²) in [4.78, 5) is 6.57. The summed E-state index contributed by atoms with van der Waals surface area (Å²) in [6.45, 7) is 1.85. The normalized spacial score (nSPS) is 24.6. The van der Waals surface area contributed by atoms with Gasteiger partial charge in [-0.15, -0.1) is 0 Å². The van der Waals surface area contributed by atoms with Gasteiger partial charge in [0.1, 0.15) is 5.82 Å². The smallest absolute Gasteiger partial charge is 0.321 e. The van der Waals surface area contributed by atoms with Crippen molar-refractivity contribution in [2.45, 2.75) is 24.9 Å². The Kier molecular flexibility index (Phi) is 2.70. The van der Waals surface area contributed by atoms with Gasteiger partial charge in [0, 0.05) is 31.6 Å². The molecule has 20 heavy (non-hydrogen) atoms. The van der Waals surface area contributed by atoms with Crippen LogP contribution in [0.2, 0.25) is 0 Å². The van der Waals surface area contributed by atoms with Crippen molar-refractivity contribution in [3.8, 4) is 0 Å². The average molecular weight is 274 g/mol. The average Bonchev–Trinajstić information content (AvgIpc) is 2.89. The first-order valence-electron chi connectivity index (χ1n) is 6.84. The van der Waals surface area contributed by atoms with Crippen LogP contribution in [0.1, 0.15) is 17.8 Å². The zero-order valence-electron chi connectivity index (χ0n) is 10.9. The molecule has 2 bridgehead atoms. The molecule has 2 unspecified atom stereocenters. The molecule has 2 aromatic rings. The largest absolute Gasteiger partial charge is 0.324 e. The van der Waals surface area contributed by atoms with Crippen molar-refractivity contribution in [3.05, 3.63) is 41.5 Å². The van der Waals surface area contributed by atoms with E-state index in [1.165, 1.54) is 18.6 Å². The Labute approximate surface area is 115 Å². The van der Waals surface area contributed by atoms with Gasteiger partial charge < -0.3 is 14.7 Å². The number of halogens is 1. The van der Waals surface area contributed by atoms with E-state index in [0.717, 1.165) is 18.7 Å². The second kappa shape index (κ2) is 4.56. The molecule has 1 aromatic carbocycles. The van der Waals surface area contributed by atoms with Crippen molar-refractivity contribution in [2.75, 3.05) is 18.0 Å². The highest BCUT2D eigenvalue weighted by Crippen LogP contribution is 2.25. The second-order valence-electron chi connectivity index (χ2n) is 5.50. The molecule has 0 saturated carbocycles. The van der Waals surface area contributed by atoms with Crippen molar-refractivity contribution in [3.63, 3.8) is 0 Å². The maximum absolute atomic E-state index is 12.9. The number of rotatable bonds is 3. The van der Waals surface area contributed by atoms with Crippen LogP contribution in [0.15, 0.2) is 28.8 Å². The van der Waals surface area contributed by atoms with E-state index >= 15 is 0 Å². The Bertz CT molecular complexity index is 596. The van der Waals surface area contributed by atoms with E-state index in [9.17, 15) is 4.39 Å². The fraction of sp³-hybridized carbons (Fsp3) is 0.429. The summed E-state index contributed by atoms with van der Waals surface area (Å²) in [5.74, 6) is 0.404. The molecule has 1 aromatic heterocycles. The molecule has 3 fully saturated rings. The number of hydrogen-bond donors (Lipinski definition) is 1. The van der Waals surface area contributed by atoms with Crippen LogP contribution in [-0.4, -0.2) is 35.3 Å². The summed E-state index contributed by atoms with van der Waals surface area (Å²) >= 11 is 0. The van der Waals surface area contributed by atoms with E-state index in [2.05, 4.69) is 20.4 Å². The first kappa shape index (κ1) is 11.8. The van der Waals surface area contributed by atoms with Crippen LogP contribution in [0.5, 0.6) is 0 Å². The summed E-state index contributed by atoms with van der Waals surface area (Å²) < 4.78 is 18.2. The lowest BCUT2D eigenvalue weighted by Gasteiger charge is -2.47. The van der Waals surface area contributed by atoms with Gasteiger partial charge in [0.2, 0.25) is 0 Å². The number of piperazine rings is 1. The fourth-order valence-electron chi connectivity index (χ4n) is 2.90. The Morgan fingerprint density at radius 3 is 2.65 bits per heavy atom. The first-order chi connectivity index (χ1) is 9.76. The van der Waals surface area contributed by atoms with Crippen molar-refractivity contribution >= 4 is 6.01 Å². The molecule has 104 valence electrons. The summed E-state index contributed by atoms with van der Waals surface area (Å²) in [5, 5.41) is 7.47. The molecule has 1 N–H and O–H groups in total. The molecule has 0 amide bonds. The van der Waals surface area contributed by atoms with Crippen molar-refractivity contribution in [1.29, 1.82) is 0 Å². The van der Waals surface area contributed by atoms with E-state index in [0.29, 0.717) is 30.3 Å². The third-order valence-corrected chi connectivity index (χ3v) is 3.93. The van der Waals surface area contributed by atoms with Crippen LogP contribution >= 0.6 is 0 Å². The number of hydrogen-bond acceptors (Lipinski definition) is 5. The van der Waals surface area contributed by atoms with Crippen LogP contribution in [0.4, 0.5) is 10.4 Å². The van der Waals surface area contributed by atoms with Gasteiger partial charge in [-0.1, -0.05) is 17.3 Å². The Balaban J connectivity index is 1.46. The van der Waals surface area contributed by atoms with Gasteiger partial charge in [0.05, 0.1) is 0 Å². The third-order valence-electron chi connectivity index (χ3n) is 3.93. The van der Waals surface area contributed by atoms with E-state index in [1.807, 2.05) is 0 Å². The van der Waals surface area contributed by atoms with Gasteiger partial charge >= 0.3 is 6.01 Å². The molecule has 0 spiro atoms. The number of nitrogens with one attached hydrogen (secondary N) is 1. The number of fused-ring (bicyclic) bond motifs is 2. The summed E-state index contributed by atoms with van der Waals surface area (Å²) in [6.07, 6.45) is 1.80. The lowest BCUT2D eigenvalue weighted by atomic mass is 9.92. The third kappa shape index (κ3) is 2.16. The lowest BCUT2D eigenvalue weighted by molar-refractivity contribution is 0.216. The van der Waals surface area contributed by atoms with Crippen LogP contribution in [0.25, 0.3) is 0 Å². The molecule has 5 rings (SSSR count). The Hall–Kier alpha value is -1.95. The molecular weight excluding hydrogens is 259 g/mol. The zero-order chi connectivity index (χ0) is 13.5. The van der Waals surface area contributed by atoms with Crippen LogP contribution in [-0.2, 0) is 6.42 Å². The number of piperidine rings is 1. The molecule has 3 aliphatic heterocycles. The van der Waals surface area contributed by atoms with Crippen LogP contribution in [0, 0.1) is 5.82 Å². The number of aromatic nitrogens is 2. The first-order valence-corrected chi connectivity index (χ1v) is 6.84. The van der Waals surface area contributed by atoms with Crippen molar-refractivity contribution < 1.29 is 8.91 Å². The maximum Gasteiger partial charge on any atom is 0.324 e. The zero-order valence-corrected chi connectivity index (χ0v) is 10.9. The molecule has 6 heteroatoms. The summed E-state index contributed by atoms with van der Waals surface area (Å²) in [7, 11) is 0. The minimum atomic E-state index is -0.234. The van der Waals surface area contributed by atoms with Gasteiger partial charge in [-0.05, 0) is 24.1 Å². The van der Waals surface area contributed by atoms with Crippen molar-refractivity contribution in [2.24, 2.45) is 0 Å². The Morgan fingerprint density at radius 1 is 1.25 bits per heavy atom. The highest BCUT2D eigenvalue weighted by Gasteiger charge is 2.38. The van der Waals surface area contributed by atoms with Gasteiger partial charge in [-0.3, -0.25) is 0 Å². The van der Waals surface area contributed by atoms with Gasteiger partial charge in [-0.2, -0.15) is 4.98 Å². The summed E-state index contributed by atoms with van der Waals surface area (Å²) in [6, 6.07) is 8.08. The highest BCUT2D eigenvalue weighted by atomic mass is 19.1. The number of benzene rings is 1. The molecule has 3 aliphatic rings. The molecule has 2 atom stereocenters. The quantitative estimate of drug-likeness (QED) is 0.915. The molecule has 0 aliphatic carbocycles. The van der Waals surface area contributed by atoms with E-state index in [1.54, 1.807) is 12.1 Å². The van der Waals surface area contributed by atoms with Crippen LogP contribution < -0.4 is 10.2 Å².